The van der Waals surface area contributed by atoms with Crippen LogP contribution in [0.5, 0.6) is 0 Å². The number of nitrogens with zero attached hydrogens (tertiary/aromatic N) is 2. The van der Waals surface area contributed by atoms with Crippen LogP contribution in [-0.4, -0.2) is 0 Å². The summed E-state index contributed by atoms with van der Waals surface area (Å²) in [7, 11) is 0. The topological polar surface area (TPSA) is 6.48 Å². The Labute approximate surface area is 325 Å². The molecule has 2 heteroatoms. The van der Waals surface area contributed by atoms with E-state index in [4.69, 9.17) is 0 Å². The van der Waals surface area contributed by atoms with Crippen molar-refractivity contribution < 1.29 is 0 Å². The third kappa shape index (κ3) is 6.40. The van der Waals surface area contributed by atoms with Crippen LogP contribution in [0.4, 0.5) is 34.1 Å². The van der Waals surface area contributed by atoms with Crippen molar-refractivity contribution in [3.05, 3.63) is 215 Å². The van der Waals surface area contributed by atoms with E-state index in [1.165, 1.54) is 61.1 Å². The predicted octanol–water partition coefficient (Wildman–Crippen LogP) is 14.9. The maximum atomic E-state index is 2.39. The Balaban J connectivity index is 1.02. The number of para-hydroxylation sites is 2. The van der Waals surface area contributed by atoms with E-state index in [9.17, 15) is 0 Å². The Morgan fingerprint density at radius 2 is 0.927 bits per heavy atom. The van der Waals surface area contributed by atoms with Crippen LogP contribution in [0.2, 0.25) is 0 Å². The van der Waals surface area contributed by atoms with Crippen molar-refractivity contribution in [2.45, 2.75) is 33.1 Å². The molecule has 0 N–H and O–H groups in total. The van der Waals surface area contributed by atoms with E-state index in [2.05, 4.69) is 232 Å². The molecule has 0 aromatic heterocycles. The number of hydrogen-bond donors (Lipinski definition) is 0. The van der Waals surface area contributed by atoms with Gasteiger partial charge in [0.15, 0.2) is 0 Å². The van der Waals surface area contributed by atoms with Gasteiger partial charge in [0.1, 0.15) is 0 Å². The lowest BCUT2D eigenvalue weighted by molar-refractivity contribution is 0.660. The fourth-order valence-electron chi connectivity index (χ4n) is 8.42. The van der Waals surface area contributed by atoms with E-state index >= 15 is 0 Å². The molecule has 0 atom stereocenters. The minimum atomic E-state index is -0.148. The number of fused-ring (bicyclic) bond motifs is 4. The zero-order valence-electron chi connectivity index (χ0n) is 31.9. The molecule has 266 valence electrons. The normalized spacial score (nSPS) is 12.8. The first kappa shape index (κ1) is 34.1. The van der Waals surface area contributed by atoms with Crippen molar-refractivity contribution in [1.29, 1.82) is 0 Å². The number of rotatable bonds is 8. The molecule has 2 nitrogen and oxygen atoms in total. The highest BCUT2D eigenvalue weighted by atomic mass is 15.1. The van der Waals surface area contributed by atoms with Crippen LogP contribution in [0, 0.1) is 13.8 Å². The summed E-state index contributed by atoms with van der Waals surface area (Å²) in [6.07, 6.45) is 4.48. The third-order valence-electron chi connectivity index (χ3n) is 11.1. The average Bonchev–Trinajstić information content (AvgIpc) is 3.43. The first-order valence-electron chi connectivity index (χ1n) is 19.2. The summed E-state index contributed by atoms with van der Waals surface area (Å²) in [4.78, 5) is 4.74. The first-order chi connectivity index (χ1) is 26.8. The van der Waals surface area contributed by atoms with Gasteiger partial charge in [-0.1, -0.05) is 141 Å². The molecule has 0 bridgehead atoms. The highest BCUT2D eigenvalue weighted by molar-refractivity contribution is 5.99. The summed E-state index contributed by atoms with van der Waals surface area (Å²) in [5.41, 5.74) is 17.0. The molecule has 0 unspecified atom stereocenters. The van der Waals surface area contributed by atoms with Crippen LogP contribution in [0.15, 0.2) is 182 Å². The Bertz CT molecular complexity index is 2620. The molecule has 1 aliphatic rings. The van der Waals surface area contributed by atoms with Gasteiger partial charge in [-0.3, -0.25) is 0 Å². The Hall–Kier alpha value is -6.64. The summed E-state index contributed by atoms with van der Waals surface area (Å²) < 4.78 is 0. The van der Waals surface area contributed by atoms with Gasteiger partial charge in [0.2, 0.25) is 0 Å². The standard InChI is InChI=1S/C53H44N2/c1-37-32-38(2)34-46(33-37)55(52-21-13-15-41-14-11-12-20-47(41)52)44-27-24-39(25-28-44)22-23-40-26-30-48-49-31-29-45(36-51(49)53(3,4)50(48)35-40)54(42-16-7-5-8-17-42)43-18-9-6-10-19-43/h5-36H,1-4H3/b23-22+. The molecule has 0 spiro atoms. The fourth-order valence-corrected chi connectivity index (χ4v) is 8.42. The van der Waals surface area contributed by atoms with Gasteiger partial charge in [0, 0.05) is 39.2 Å². The Morgan fingerprint density at radius 1 is 0.400 bits per heavy atom. The van der Waals surface area contributed by atoms with Gasteiger partial charge in [-0.05, 0) is 130 Å². The van der Waals surface area contributed by atoms with E-state index < -0.39 is 0 Å². The van der Waals surface area contributed by atoms with E-state index in [0.717, 1.165) is 28.3 Å². The number of anilines is 6. The van der Waals surface area contributed by atoms with Gasteiger partial charge < -0.3 is 9.80 Å². The molecule has 8 aromatic rings. The maximum Gasteiger partial charge on any atom is 0.0540 e. The van der Waals surface area contributed by atoms with Gasteiger partial charge in [-0.2, -0.15) is 0 Å². The second kappa shape index (κ2) is 14.0. The molecule has 9 rings (SSSR count). The second-order valence-electron chi connectivity index (χ2n) is 15.3. The largest absolute Gasteiger partial charge is 0.310 e. The molecule has 0 amide bonds. The Morgan fingerprint density at radius 3 is 1.62 bits per heavy atom. The number of benzene rings is 8. The SMILES string of the molecule is Cc1cc(C)cc(N(c2ccc(/C=C/c3ccc4c(c3)C(C)(C)c3cc(N(c5ccccc5)c5ccccc5)ccc3-4)cc2)c2cccc3ccccc23)c1. The van der Waals surface area contributed by atoms with Gasteiger partial charge in [-0.15, -0.1) is 0 Å². The maximum absolute atomic E-state index is 2.39. The molecular weight excluding hydrogens is 665 g/mol. The van der Waals surface area contributed by atoms with Crippen molar-refractivity contribution in [3.63, 3.8) is 0 Å². The van der Waals surface area contributed by atoms with Crippen molar-refractivity contribution >= 4 is 57.0 Å². The Kier molecular flexibility index (Phi) is 8.67. The molecule has 8 aromatic carbocycles. The van der Waals surface area contributed by atoms with Crippen LogP contribution >= 0.6 is 0 Å². The van der Waals surface area contributed by atoms with Crippen molar-refractivity contribution in [1.82, 2.24) is 0 Å². The van der Waals surface area contributed by atoms with Crippen LogP contribution in [-0.2, 0) is 5.41 Å². The van der Waals surface area contributed by atoms with Crippen LogP contribution in [0.3, 0.4) is 0 Å². The number of aryl methyl sites for hydroxylation is 2. The molecule has 0 heterocycles. The predicted molar refractivity (Wildman–Crippen MR) is 236 cm³/mol. The highest BCUT2D eigenvalue weighted by Gasteiger charge is 2.36. The minimum absolute atomic E-state index is 0.148. The van der Waals surface area contributed by atoms with E-state index in [0.29, 0.717) is 0 Å². The van der Waals surface area contributed by atoms with Gasteiger partial charge in [-0.25, -0.2) is 0 Å². The molecular formula is C53H44N2. The lowest BCUT2D eigenvalue weighted by atomic mass is 9.81. The zero-order chi connectivity index (χ0) is 37.5. The fraction of sp³-hybridized carbons (Fsp3) is 0.0943. The highest BCUT2D eigenvalue weighted by Crippen LogP contribution is 2.51. The smallest absolute Gasteiger partial charge is 0.0540 e. The minimum Gasteiger partial charge on any atom is -0.310 e. The summed E-state index contributed by atoms with van der Waals surface area (Å²) >= 11 is 0. The summed E-state index contributed by atoms with van der Waals surface area (Å²) in [6, 6.07) is 66.2. The van der Waals surface area contributed by atoms with Gasteiger partial charge in [0.05, 0.1) is 5.69 Å². The monoisotopic (exact) mass is 708 g/mol. The van der Waals surface area contributed by atoms with E-state index in [-0.39, 0.29) is 5.41 Å². The lowest BCUT2D eigenvalue weighted by Crippen LogP contribution is -2.16. The van der Waals surface area contributed by atoms with Crippen molar-refractivity contribution in [2.24, 2.45) is 0 Å². The summed E-state index contributed by atoms with van der Waals surface area (Å²) in [5.74, 6) is 0. The van der Waals surface area contributed by atoms with Crippen LogP contribution in [0.25, 0.3) is 34.1 Å². The molecule has 55 heavy (non-hydrogen) atoms. The summed E-state index contributed by atoms with van der Waals surface area (Å²) in [6.45, 7) is 9.07. The molecule has 0 saturated heterocycles. The van der Waals surface area contributed by atoms with Gasteiger partial charge in [0.25, 0.3) is 0 Å². The first-order valence-corrected chi connectivity index (χ1v) is 19.2. The van der Waals surface area contributed by atoms with E-state index in [1.807, 2.05) is 0 Å². The molecule has 0 fully saturated rings. The average molecular weight is 709 g/mol. The summed E-state index contributed by atoms with van der Waals surface area (Å²) in [5, 5.41) is 2.46. The lowest BCUT2D eigenvalue weighted by Gasteiger charge is -2.28. The zero-order valence-corrected chi connectivity index (χ0v) is 31.9. The molecule has 0 radical (unpaired) electrons. The quantitative estimate of drug-likeness (QED) is 0.145. The van der Waals surface area contributed by atoms with E-state index in [1.54, 1.807) is 0 Å². The second-order valence-corrected chi connectivity index (χ2v) is 15.3. The van der Waals surface area contributed by atoms with Crippen molar-refractivity contribution in [3.8, 4) is 11.1 Å². The van der Waals surface area contributed by atoms with Crippen LogP contribution in [0.1, 0.15) is 47.2 Å². The van der Waals surface area contributed by atoms with Crippen LogP contribution < -0.4 is 9.80 Å². The van der Waals surface area contributed by atoms with Crippen molar-refractivity contribution in [2.75, 3.05) is 9.80 Å². The third-order valence-corrected chi connectivity index (χ3v) is 11.1. The molecule has 0 aliphatic heterocycles. The number of hydrogen-bond acceptors (Lipinski definition) is 2. The molecule has 0 saturated carbocycles. The van der Waals surface area contributed by atoms with Gasteiger partial charge >= 0.3 is 0 Å². The molecule has 1 aliphatic carbocycles.